The quantitative estimate of drug-likeness (QED) is 0.808. The Balaban J connectivity index is 2.76. The molecule has 2 nitrogen and oxygen atoms in total. The molecule has 106 valence electrons. The zero-order valence-corrected chi connectivity index (χ0v) is 13.5. The Morgan fingerprint density at radius 3 is 1.95 bits per heavy atom. The molecule has 1 aromatic heterocycles. The Kier molecular flexibility index (Phi) is 4.33. The molecule has 0 unspecified atom stereocenters. The van der Waals surface area contributed by atoms with E-state index in [9.17, 15) is 4.39 Å². The molecule has 0 amide bonds. The predicted molar refractivity (Wildman–Crippen MR) is 83.7 cm³/mol. The molecule has 0 aliphatic rings. The molecule has 0 radical (unpaired) electrons. The third kappa shape index (κ3) is 2.28. The Morgan fingerprint density at radius 2 is 1.45 bits per heavy atom. The van der Waals surface area contributed by atoms with Gasteiger partial charge in [0, 0.05) is 12.4 Å². The van der Waals surface area contributed by atoms with Gasteiger partial charge in [-0.3, -0.25) is 0 Å². The smallest absolute Gasteiger partial charge is 0.173 e. The molecule has 0 aliphatic heterocycles. The van der Waals surface area contributed by atoms with Gasteiger partial charge in [-0.15, -0.1) is 0 Å². The summed E-state index contributed by atoms with van der Waals surface area (Å²) >= 11 is 0. The van der Waals surface area contributed by atoms with Crippen LogP contribution in [0.25, 0.3) is 0 Å². The van der Waals surface area contributed by atoms with Gasteiger partial charge in [0.15, 0.2) is 8.07 Å². The van der Waals surface area contributed by atoms with E-state index >= 15 is 0 Å². The maximum atomic E-state index is 14.5. The summed E-state index contributed by atoms with van der Waals surface area (Å²) < 4.78 is 14.5. The lowest BCUT2D eigenvalue weighted by molar-refractivity contribution is 0.633. The molecular weight excluding hydrogens is 267 g/mol. The second-order valence-electron chi connectivity index (χ2n) is 5.73. The number of aromatic nitrogens is 2. The summed E-state index contributed by atoms with van der Waals surface area (Å²) in [5.74, 6) is -0.131. The third-order valence-corrected chi connectivity index (χ3v) is 10.0. The van der Waals surface area contributed by atoms with Crippen LogP contribution in [-0.2, 0) is 0 Å². The summed E-state index contributed by atoms with van der Waals surface area (Å²) in [6.07, 6.45) is 3.52. The van der Waals surface area contributed by atoms with Gasteiger partial charge in [-0.05, 0) is 28.4 Å². The fourth-order valence-corrected chi connectivity index (χ4v) is 8.51. The van der Waals surface area contributed by atoms with Crippen LogP contribution < -0.4 is 10.6 Å². The number of rotatable bonds is 4. The first-order valence-corrected chi connectivity index (χ1v) is 9.19. The second kappa shape index (κ2) is 5.83. The molecule has 0 saturated carbocycles. The van der Waals surface area contributed by atoms with Gasteiger partial charge in [0.25, 0.3) is 0 Å². The van der Waals surface area contributed by atoms with Crippen molar-refractivity contribution in [1.82, 2.24) is 9.97 Å². The Bertz CT molecular complexity index is 562. The van der Waals surface area contributed by atoms with Crippen LogP contribution in [0.3, 0.4) is 0 Å². The third-order valence-electron chi connectivity index (χ3n) is 4.08. The van der Waals surface area contributed by atoms with E-state index in [0.717, 1.165) is 10.6 Å². The monoisotopic (exact) mass is 288 g/mol. The average molecular weight is 288 g/mol. The molecule has 0 saturated heterocycles. The van der Waals surface area contributed by atoms with Gasteiger partial charge in [0.05, 0.1) is 0 Å². The van der Waals surface area contributed by atoms with Crippen molar-refractivity contribution in [3.8, 4) is 0 Å². The van der Waals surface area contributed by atoms with Crippen molar-refractivity contribution in [2.24, 2.45) is 0 Å². The predicted octanol–water partition coefficient (Wildman–Crippen LogP) is 3.00. The van der Waals surface area contributed by atoms with Crippen molar-refractivity contribution >= 4 is 18.7 Å². The summed E-state index contributed by atoms with van der Waals surface area (Å²) in [6.45, 7) is 8.65. The van der Waals surface area contributed by atoms with Crippen LogP contribution in [-0.4, -0.2) is 18.0 Å². The van der Waals surface area contributed by atoms with Crippen LogP contribution >= 0.6 is 0 Å². The van der Waals surface area contributed by atoms with Crippen molar-refractivity contribution in [3.05, 3.63) is 48.5 Å². The van der Waals surface area contributed by atoms with E-state index in [1.54, 1.807) is 24.5 Å². The van der Waals surface area contributed by atoms with Crippen molar-refractivity contribution in [3.63, 3.8) is 0 Å². The lowest BCUT2D eigenvalue weighted by Crippen LogP contribution is -2.65. The van der Waals surface area contributed by atoms with Crippen molar-refractivity contribution in [2.45, 2.75) is 38.8 Å². The molecule has 0 aliphatic carbocycles. The molecule has 1 aromatic carbocycles. The molecule has 0 N–H and O–H groups in total. The van der Waals surface area contributed by atoms with Crippen LogP contribution in [0.1, 0.15) is 27.7 Å². The highest BCUT2D eigenvalue weighted by Crippen LogP contribution is 2.31. The molecule has 0 fully saturated rings. The summed E-state index contributed by atoms with van der Waals surface area (Å²) in [6, 6.07) is 8.92. The fourth-order valence-electron chi connectivity index (χ4n) is 3.23. The first-order valence-electron chi connectivity index (χ1n) is 7.03. The largest absolute Gasteiger partial charge is 0.246 e. The molecular formula is C16H21FN2Si. The lowest BCUT2D eigenvalue weighted by atomic mass is 10.3. The zero-order valence-electron chi connectivity index (χ0n) is 12.5. The summed E-state index contributed by atoms with van der Waals surface area (Å²) in [7, 11) is -2.34. The normalized spacial score (nSPS) is 12.2. The minimum atomic E-state index is -2.34. The summed E-state index contributed by atoms with van der Waals surface area (Å²) in [4.78, 5) is 8.99. The molecule has 20 heavy (non-hydrogen) atoms. The van der Waals surface area contributed by atoms with E-state index in [1.165, 1.54) is 0 Å². The van der Waals surface area contributed by atoms with Crippen molar-refractivity contribution in [2.75, 3.05) is 0 Å². The molecule has 2 rings (SSSR count). The van der Waals surface area contributed by atoms with Gasteiger partial charge in [-0.1, -0.05) is 45.9 Å². The molecule has 0 spiro atoms. The maximum Gasteiger partial charge on any atom is 0.173 e. The van der Waals surface area contributed by atoms with E-state index < -0.39 is 8.07 Å². The van der Waals surface area contributed by atoms with E-state index in [4.69, 9.17) is 0 Å². The fraction of sp³-hybridized carbons (Fsp3) is 0.375. The van der Waals surface area contributed by atoms with Crippen LogP contribution in [0.2, 0.25) is 11.1 Å². The number of hydrogen-bond donors (Lipinski definition) is 0. The van der Waals surface area contributed by atoms with E-state index in [2.05, 4.69) is 37.7 Å². The second-order valence-corrected chi connectivity index (χ2v) is 10.8. The Labute approximate surface area is 121 Å². The number of nitrogens with zero attached hydrogens (tertiary/aromatic N) is 2. The van der Waals surface area contributed by atoms with Crippen LogP contribution in [0, 0.1) is 5.82 Å². The zero-order chi connectivity index (χ0) is 14.8. The highest BCUT2D eigenvalue weighted by molar-refractivity contribution is 7.03. The SMILES string of the molecule is CC(C)[Si](c1ncccn1)(c1ccccc1F)C(C)C. The molecule has 1 heterocycles. The standard InChI is InChI=1S/C16H21FN2Si/c1-12(2)20(13(3)4,16-18-10-7-11-19-16)15-9-6-5-8-14(15)17/h5-13H,1-4H3. The van der Waals surface area contributed by atoms with Crippen molar-refractivity contribution in [1.29, 1.82) is 0 Å². The molecule has 4 heteroatoms. The van der Waals surface area contributed by atoms with Crippen molar-refractivity contribution < 1.29 is 4.39 Å². The van der Waals surface area contributed by atoms with Crippen LogP contribution in [0.4, 0.5) is 4.39 Å². The number of halogens is 1. The van der Waals surface area contributed by atoms with Gasteiger partial charge in [-0.2, -0.15) is 0 Å². The Hall–Kier alpha value is -1.55. The summed E-state index contributed by atoms with van der Waals surface area (Å²) in [5.41, 5.74) is 1.47. The molecule has 2 aromatic rings. The maximum absolute atomic E-state index is 14.5. The first kappa shape index (κ1) is 14.8. The first-order chi connectivity index (χ1) is 9.51. The average Bonchev–Trinajstić information content (AvgIpc) is 2.42. The van der Waals surface area contributed by atoms with Gasteiger partial charge in [0.2, 0.25) is 0 Å². The lowest BCUT2D eigenvalue weighted by Gasteiger charge is -2.38. The van der Waals surface area contributed by atoms with Gasteiger partial charge in [-0.25, -0.2) is 14.4 Å². The Morgan fingerprint density at radius 1 is 0.900 bits per heavy atom. The van der Waals surface area contributed by atoms with Crippen LogP contribution in [0.15, 0.2) is 42.7 Å². The number of hydrogen-bond acceptors (Lipinski definition) is 2. The molecule has 0 bridgehead atoms. The van der Waals surface area contributed by atoms with Crippen LogP contribution in [0.5, 0.6) is 0 Å². The summed E-state index contributed by atoms with van der Waals surface area (Å²) in [5, 5.41) is 0.816. The van der Waals surface area contributed by atoms with E-state index in [1.807, 2.05) is 18.2 Å². The van der Waals surface area contributed by atoms with Gasteiger partial charge >= 0.3 is 0 Å². The van der Waals surface area contributed by atoms with Gasteiger partial charge < -0.3 is 0 Å². The van der Waals surface area contributed by atoms with E-state index in [-0.39, 0.29) is 5.82 Å². The number of benzene rings is 1. The molecule has 0 atom stereocenters. The highest BCUT2D eigenvalue weighted by Gasteiger charge is 2.47. The topological polar surface area (TPSA) is 25.8 Å². The minimum absolute atomic E-state index is 0.131. The highest BCUT2D eigenvalue weighted by atomic mass is 28.3. The van der Waals surface area contributed by atoms with Gasteiger partial charge in [0.1, 0.15) is 11.3 Å². The minimum Gasteiger partial charge on any atom is -0.246 e. The van der Waals surface area contributed by atoms with E-state index in [0.29, 0.717) is 11.1 Å².